The smallest absolute Gasteiger partial charge is 0.288 e. The fraction of sp³-hybridized carbons (Fsp3) is 0.0588. The molecule has 0 atom stereocenters. The summed E-state index contributed by atoms with van der Waals surface area (Å²) >= 11 is 0. The van der Waals surface area contributed by atoms with Gasteiger partial charge in [0.05, 0.1) is 11.4 Å². The average molecular weight is 293 g/mol. The Morgan fingerprint density at radius 3 is 2.55 bits per heavy atom. The number of para-hydroxylation sites is 1. The van der Waals surface area contributed by atoms with Gasteiger partial charge in [0.1, 0.15) is 0 Å². The Morgan fingerprint density at radius 1 is 1.09 bits per heavy atom. The first-order valence-corrected chi connectivity index (χ1v) is 6.86. The molecular formula is C17H15N3O2. The molecule has 2 aromatic carbocycles. The van der Waals surface area contributed by atoms with Gasteiger partial charge in [-0.1, -0.05) is 42.0 Å². The first-order valence-electron chi connectivity index (χ1n) is 6.86. The van der Waals surface area contributed by atoms with Gasteiger partial charge in [-0.2, -0.15) is 5.10 Å². The van der Waals surface area contributed by atoms with Gasteiger partial charge < -0.3 is 0 Å². The summed E-state index contributed by atoms with van der Waals surface area (Å²) in [6.07, 6.45) is 0. The van der Waals surface area contributed by atoms with Crippen molar-refractivity contribution >= 4 is 5.91 Å². The molecule has 1 heterocycles. The van der Waals surface area contributed by atoms with Crippen LogP contribution in [-0.2, 0) is 0 Å². The predicted molar refractivity (Wildman–Crippen MR) is 83.0 cm³/mol. The quantitative estimate of drug-likeness (QED) is 0.576. The minimum atomic E-state index is -0.636. The fourth-order valence-electron chi connectivity index (χ4n) is 2.33. The van der Waals surface area contributed by atoms with Gasteiger partial charge in [0.25, 0.3) is 5.91 Å². The maximum absolute atomic E-state index is 11.7. The lowest BCUT2D eigenvalue weighted by atomic mass is 10.1. The lowest BCUT2D eigenvalue weighted by Crippen LogP contribution is -2.19. The van der Waals surface area contributed by atoms with Crippen LogP contribution in [0, 0.1) is 6.92 Å². The fourth-order valence-corrected chi connectivity index (χ4v) is 2.33. The molecule has 3 rings (SSSR count). The second kappa shape index (κ2) is 5.83. The van der Waals surface area contributed by atoms with Gasteiger partial charge in [0.2, 0.25) is 0 Å². The van der Waals surface area contributed by atoms with E-state index in [0.29, 0.717) is 0 Å². The van der Waals surface area contributed by atoms with Gasteiger partial charge in [0, 0.05) is 5.56 Å². The number of nitrogens with one attached hydrogen (secondary N) is 1. The summed E-state index contributed by atoms with van der Waals surface area (Å²) in [6.45, 7) is 2.01. The summed E-state index contributed by atoms with van der Waals surface area (Å²) in [6, 6.07) is 19.2. The maximum atomic E-state index is 11.7. The van der Waals surface area contributed by atoms with Crippen LogP contribution in [0.1, 0.15) is 16.1 Å². The highest BCUT2D eigenvalue weighted by Gasteiger charge is 2.16. The van der Waals surface area contributed by atoms with Crippen molar-refractivity contribution in [2.24, 2.45) is 0 Å². The molecule has 2 N–H and O–H groups in total. The van der Waals surface area contributed by atoms with Gasteiger partial charge in [-0.3, -0.25) is 10.0 Å². The number of rotatable bonds is 3. The molecule has 0 aliphatic carbocycles. The van der Waals surface area contributed by atoms with E-state index in [9.17, 15) is 4.79 Å². The van der Waals surface area contributed by atoms with Crippen molar-refractivity contribution in [2.45, 2.75) is 6.92 Å². The highest BCUT2D eigenvalue weighted by Crippen LogP contribution is 2.24. The van der Waals surface area contributed by atoms with Crippen molar-refractivity contribution in [3.63, 3.8) is 0 Å². The third kappa shape index (κ3) is 2.62. The van der Waals surface area contributed by atoms with Gasteiger partial charge in [-0.05, 0) is 31.2 Å². The number of nitrogens with zero attached hydrogens (tertiary/aromatic N) is 2. The van der Waals surface area contributed by atoms with Crippen molar-refractivity contribution in [2.75, 3.05) is 0 Å². The number of benzene rings is 2. The molecule has 5 heteroatoms. The number of aryl methyl sites for hydroxylation is 1. The Morgan fingerprint density at radius 2 is 1.86 bits per heavy atom. The first kappa shape index (κ1) is 14.0. The molecular weight excluding hydrogens is 278 g/mol. The van der Waals surface area contributed by atoms with Crippen LogP contribution in [0.5, 0.6) is 0 Å². The van der Waals surface area contributed by atoms with Crippen molar-refractivity contribution in [1.82, 2.24) is 15.3 Å². The van der Waals surface area contributed by atoms with Crippen LogP contribution in [0.4, 0.5) is 0 Å². The normalized spacial score (nSPS) is 10.5. The number of hydrogen-bond acceptors (Lipinski definition) is 3. The van der Waals surface area contributed by atoms with E-state index in [2.05, 4.69) is 5.10 Å². The average Bonchev–Trinajstić information content (AvgIpc) is 3.00. The topological polar surface area (TPSA) is 67.2 Å². The molecule has 1 aromatic heterocycles. The molecule has 0 saturated heterocycles. The zero-order chi connectivity index (χ0) is 15.5. The van der Waals surface area contributed by atoms with Gasteiger partial charge in [-0.15, -0.1) is 0 Å². The van der Waals surface area contributed by atoms with E-state index in [1.165, 1.54) is 0 Å². The van der Waals surface area contributed by atoms with Crippen molar-refractivity contribution in [3.05, 3.63) is 71.9 Å². The summed E-state index contributed by atoms with van der Waals surface area (Å²) in [7, 11) is 0. The minimum absolute atomic E-state index is 0.155. The number of hydrogen-bond donors (Lipinski definition) is 2. The van der Waals surface area contributed by atoms with Crippen molar-refractivity contribution < 1.29 is 10.0 Å². The SMILES string of the molecule is Cc1cccc(-c2cc(C(=O)NO)nn2-c2ccccc2)c1. The highest BCUT2D eigenvalue weighted by molar-refractivity contribution is 5.92. The Hall–Kier alpha value is -2.92. The number of aromatic nitrogens is 2. The summed E-state index contributed by atoms with van der Waals surface area (Å²) in [5.41, 5.74) is 5.48. The standard InChI is InChI=1S/C17H15N3O2/c1-12-6-5-7-13(10-12)16-11-15(17(21)19-22)18-20(16)14-8-3-2-4-9-14/h2-11,22H,1H3,(H,19,21). The van der Waals surface area contributed by atoms with Crippen LogP contribution < -0.4 is 5.48 Å². The largest absolute Gasteiger partial charge is 0.295 e. The van der Waals surface area contributed by atoms with Crippen LogP contribution in [-0.4, -0.2) is 20.9 Å². The van der Waals surface area contributed by atoms with E-state index in [0.717, 1.165) is 22.5 Å². The van der Waals surface area contributed by atoms with Crippen LogP contribution >= 0.6 is 0 Å². The molecule has 0 radical (unpaired) electrons. The molecule has 3 aromatic rings. The minimum Gasteiger partial charge on any atom is -0.288 e. The van der Waals surface area contributed by atoms with E-state index in [4.69, 9.17) is 5.21 Å². The summed E-state index contributed by atoms with van der Waals surface area (Å²) < 4.78 is 1.69. The third-order valence-electron chi connectivity index (χ3n) is 3.36. The Kier molecular flexibility index (Phi) is 3.72. The molecule has 0 unspecified atom stereocenters. The van der Waals surface area contributed by atoms with Gasteiger partial charge in [0.15, 0.2) is 5.69 Å². The second-order valence-corrected chi connectivity index (χ2v) is 4.97. The molecule has 110 valence electrons. The zero-order valence-corrected chi connectivity index (χ0v) is 12.0. The molecule has 1 amide bonds. The third-order valence-corrected chi connectivity index (χ3v) is 3.36. The van der Waals surface area contributed by atoms with Gasteiger partial charge in [-0.25, -0.2) is 10.2 Å². The molecule has 0 fully saturated rings. The molecule has 0 spiro atoms. The number of hydroxylamine groups is 1. The zero-order valence-electron chi connectivity index (χ0n) is 12.0. The number of carbonyl (C=O) groups is 1. The number of amides is 1. The Balaban J connectivity index is 2.19. The summed E-state index contributed by atoms with van der Waals surface area (Å²) in [5, 5.41) is 13.1. The van der Waals surface area contributed by atoms with Gasteiger partial charge >= 0.3 is 0 Å². The highest BCUT2D eigenvalue weighted by atomic mass is 16.5. The molecule has 0 saturated carbocycles. The molecule has 0 aliphatic rings. The van der Waals surface area contributed by atoms with Crippen LogP contribution in [0.3, 0.4) is 0 Å². The molecule has 5 nitrogen and oxygen atoms in total. The van der Waals surface area contributed by atoms with E-state index in [1.807, 2.05) is 61.5 Å². The van der Waals surface area contributed by atoms with E-state index >= 15 is 0 Å². The second-order valence-electron chi connectivity index (χ2n) is 4.97. The summed E-state index contributed by atoms with van der Waals surface area (Å²) in [4.78, 5) is 11.7. The maximum Gasteiger partial charge on any atom is 0.295 e. The molecule has 0 aliphatic heterocycles. The van der Waals surface area contributed by atoms with E-state index < -0.39 is 5.91 Å². The van der Waals surface area contributed by atoms with Crippen LogP contribution in [0.15, 0.2) is 60.7 Å². The lowest BCUT2D eigenvalue weighted by Gasteiger charge is -2.07. The first-order chi connectivity index (χ1) is 10.7. The van der Waals surface area contributed by atoms with E-state index in [1.54, 1.807) is 16.2 Å². The van der Waals surface area contributed by atoms with Crippen LogP contribution in [0.25, 0.3) is 16.9 Å². The van der Waals surface area contributed by atoms with Crippen LogP contribution in [0.2, 0.25) is 0 Å². The monoisotopic (exact) mass is 293 g/mol. The van der Waals surface area contributed by atoms with E-state index in [-0.39, 0.29) is 5.69 Å². The van der Waals surface area contributed by atoms with Crippen molar-refractivity contribution in [3.8, 4) is 16.9 Å². The lowest BCUT2D eigenvalue weighted by molar-refractivity contribution is 0.0700. The summed E-state index contributed by atoms with van der Waals surface area (Å²) in [5.74, 6) is -0.636. The molecule has 22 heavy (non-hydrogen) atoms. The Labute approximate surface area is 127 Å². The number of carbonyl (C=O) groups excluding carboxylic acids is 1. The predicted octanol–water partition coefficient (Wildman–Crippen LogP) is 2.97. The Bertz CT molecular complexity index is 810. The molecule has 0 bridgehead atoms. The van der Waals surface area contributed by atoms with Crippen molar-refractivity contribution in [1.29, 1.82) is 0 Å².